The lowest BCUT2D eigenvalue weighted by molar-refractivity contribution is 0.0652. The van der Waals surface area contributed by atoms with E-state index in [1.54, 1.807) is 0 Å². The minimum Gasteiger partial charge on any atom is -0.374 e. The van der Waals surface area contributed by atoms with Crippen molar-refractivity contribution >= 4 is 40.7 Å². The van der Waals surface area contributed by atoms with E-state index in [4.69, 9.17) is 9.73 Å². The molecule has 166 valence electrons. The highest BCUT2D eigenvalue weighted by Gasteiger charge is 2.25. The van der Waals surface area contributed by atoms with E-state index in [2.05, 4.69) is 36.6 Å². The Morgan fingerprint density at radius 3 is 2.72 bits per heavy atom. The first-order valence-electron chi connectivity index (χ1n) is 10.7. The molecule has 1 saturated carbocycles. The number of nitrogens with zero attached hydrogens (tertiary/aromatic N) is 1. The summed E-state index contributed by atoms with van der Waals surface area (Å²) in [5, 5.41) is 7.22. The Morgan fingerprint density at radius 2 is 2.03 bits per heavy atom. The zero-order chi connectivity index (χ0) is 20.2. The Morgan fingerprint density at radius 1 is 1.28 bits per heavy atom. The summed E-state index contributed by atoms with van der Waals surface area (Å²) in [6.45, 7) is 8.44. The molecular weight excluding hydrogens is 497 g/mol. The number of hydrogen-bond donors (Lipinski definition) is 2. The van der Waals surface area contributed by atoms with Crippen molar-refractivity contribution in [3.05, 3.63) is 35.9 Å². The molecule has 2 rings (SSSR count). The predicted molar refractivity (Wildman–Crippen MR) is 135 cm³/mol. The normalized spacial score (nSPS) is 21.7. The first-order chi connectivity index (χ1) is 13.6. The summed E-state index contributed by atoms with van der Waals surface area (Å²) in [5.41, 5.74) is 1.21. The third-order valence-electron chi connectivity index (χ3n) is 5.18. The highest BCUT2D eigenvalue weighted by molar-refractivity contribution is 14.0. The molecule has 2 N–H and O–H groups in total. The number of nitrogens with one attached hydrogen (secondary N) is 2. The second kappa shape index (κ2) is 15.2. The Balaban J connectivity index is 0.00000420. The molecule has 4 unspecified atom stereocenters. The first kappa shape index (κ1) is 26.4. The van der Waals surface area contributed by atoms with Crippen molar-refractivity contribution in [1.82, 2.24) is 10.6 Å². The van der Waals surface area contributed by atoms with E-state index in [9.17, 15) is 4.21 Å². The molecule has 1 fully saturated rings. The summed E-state index contributed by atoms with van der Waals surface area (Å²) in [6.07, 6.45) is 5.32. The maximum Gasteiger partial charge on any atom is 0.191 e. The molecule has 0 aliphatic heterocycles. The Bertz CT molecular complexity index is 615. The molecular formula is C22H38IN3O2S. The van der Waals surface area contributed by atoms with Crippen LogP contribution in [0.2, 0.25) is 0 Å². The summed E-state index contributed by atoms with van der Waals surface area (Å²) in [6, 6.07) is 10.7. The van der Waals surface area contributed by atoms with Gasteiger partial charge in [0.05, 0.1) is 6.10 Å². The molecule has 0 spiro atoms. The zero-order valence-electron chi connectivity index (χ0n) is 18.1. The van der Waals surface area contributed by atoms with Crippen LogP contribution in [0.1, 0.15) is 64.5 Å². The van der Waals surface area contributed by atoms with Crippen LogP contribution in [-0.2, 0) is 15.5 Å². The third-order valence-corrected chi connectivity index (χ3v) is 6.92. The Kier molecular flexibility index (Phi) is 13.8. The van der Waals surface area contributed by atoms with Gasteiger partial charge in [0.25, 0.3) is 0 Å². The van der Waals surface area contributed by atoms with Gasteiger partial charge in [0.1, 0.15) is 0 Å². The average Bonchev–Trinajstić information content (AvgIpc) is 2.73. The molecule has 1 aromatic carbocycles. The van der Waals surface area contributed by atoms with Gasteiger partial charge < -0.3 is 15.4 Å². The van der Waals surface area contributed by atoms with Crippen LogP contribution in [-0.4, -0.2) is 46.9 Å². The van der Waals surface area contributed by atoms with E-state index >= 15 is 0 Å². The van der Waals surface area contributed by atoms with Crippen molar-refractivity contribution < 1.29 is 8.95 Å². The Labute approximate surface area is 196 Å². The smallest absolute Gasteiger partial charge is 0.191 e. The van der Waals surface area contributed by atoms with Crippen molar-refractivity contribution in [3.63, 3.8) is 0 Å². The highest BCUT2D eigenvalue weighted by Crippen LogP contribution is 2.23. The van der Waals surface area contributed by atoms with Gasteiger partial charge in [-0.2, -0.15) is 0 Å². The second-order valence-corrected chi connectivity index (χ2v) is 9.34. The number of hydrogen-bond acceptors (Lipinski definition) is 3. The van der Waals surface area contributed by atoms with Crippen molar-refractivity contribution in [2.45, 2.75) is 70.3 Å². The molecule has 0 saturated heterocycles. The molecule has 0 heterocycles. The summed E-state index contributed by atoms with van der Waals surface area (Å²) in [4.78, 5) is 4.71. The largest absolute Gasteiger partial charge is 0.374 e. The minimum atomic E-state index is -0.698. The maximum atomic E-state index is 12.1. The van der Waals surface area contributed by atoms with Gasteiger partial charge in [0, 0.05) is 47.5 Å². The van der Waals surface area contributed by atoms with Crippen LogP contribution in [0.25, 0.3) is 0 Å². The fraction of sp³-hybridized carbons (Fsp3) is 0.682. The molecule has 1 aliphatic carbocycles. The van der Waals surface area contributed by atoms with Crippen LogP contribution in [0.15, 0.2) is 35.3 Å². The van der Waals surface area contributed by atoms with E-state index in [1.165, 1.54) is 5.56 Å². The summed E-state index contributed by atoms with van der Waals surface area (Å²) < 4.78 is 18.1. The molecule has 0 amide bonds. The summed E-state index contributed by atoms with van der Waals surface area (Å²) >= 11 is 0. The lowest BCUT2D eigenvalue weighted by Crippen LogP contribution is -2.46. The number of ether oxygens (including phenoxy) is 1. The van der Waals surface area contributed by atoms with Gasteiger partial charge in [-0.05, 0) is 45.1 Å². The van der Waals surface area contributed by atoms with Gasteiger partial charge in [0.15, 0.2) is 5.96 Å². The summed E-state index contributed by atoms with van der Waals surface area (Å²) in [7, 11) is -0.698. The number of aliphatic imine (C=N–C) groups is 1. The monoisotopic (exact) mass is 535 g/mol. The summed E-state index contributed by atoms with van der Waals surface area (Å²) in [5.74, 6) is 1.62. The zero-order valence-corrected chi connectivity index (χ0v) is 21.2. The van der Waals surface area contributed by atoms with Crippen molar-refractivity contribution in [2.24, 2.45) is 4.99 Å². The van der Waals surface area contributed by atoms with Gasteiger partial charge in [-0.25, -0.2) is 0 Å². The number of benzene rings is 1. The molecule has 1 aliphatic rings. The fourth-order valence-electron chi connectivity index (χ4n) is 3.60. The van der Waals surface area contributed by atoms with Crippen molar-refractivity contribution in [1.29, 1.82) is 0 Å². The van der Waals surface area contributed by atoms with Gasteiger partial charge in [0.2, 0.25) is 0 Å². The third kappa shape index (κ3) is 9.79. The molecule has 1 aromatic rings. The molecule has 5 nitrogen and oxygen atoms in total. The minimum absolute atomic E-state index is 0. The Hall–Kier alpha value is -0.670. The second-order valence-electron chi connectivity index (χ2n) is 7.34. The van der Waals surface area contributed by atoms with E-state index in [1.807, 2.05) is 25.1 Å². The van der Waals surface area contributed by atoms with Crippen molar-refractivity contribution in [2.75, 3.05) is 25.4 Å². The topological polar surface area (TPSA) is 62.7 Å². The van der Waals surface area contributed by atoms with Crippen molar-refractivity contribution in [3.8, 4) is 0 Å². The highest BCUT2D eigenvalue weighted by atomic mass is 127. The fourth-order valence-corrected chi connectivity index (χ4v) is 4.95. The quantitative estimate of drug-likeness (QED) is 0.202. The SMILES string of the molecule is CCNC(=NCCCOC(C)c1ccccc1)NC1CCCC(S(=O)CC)C1.I. The molecule has 4 atom stereocenters. The number of halogens is 1. The van der Waals surface area contributed by atoms with Crippen LogP contribution in [0.4, 0.5) is 0 Å². The van der Waals surface area contributed by atoms with E-state index < -0.39 is 10.8 Å². The van der Waals surface area contributed by atoms with Gasteiger partial charge in [-0.15, -0.1) is 24.0 Å². The molecule has 29 heavy (non-hydrogen) atoms. The van der Waals surface area contributed by atoms with Crippen LogP contribution < -0.4 is 10.6 Å². The lowest BCUT2D eigenvalue weighted by Gasteiger charge is -2.30. The van der Waals surface area contributed by atoms with Crippen LogP contribution in [0.5, 0.6) is 0 Å². The number of rotatable bonds is 10. The molecule has 0 radical (unpaired) electrons. The standard InChI is InChI=1S/C22H37N3O2S.HI/c1-4-23-22(25-20-13-9-14-21(17-20)28(26)5-2)24-15-10-16-27-18(3)19-11-7-6-8-12-19;/h6-8,11-12,18,20-21H,4-5,9-10,13-17H2,1-3H3,(H2,23,24,25);1H. The lowest BCUT2D eigenvalue weighted by atomic mass is 9.95. The van der Waals surface area contributed by atoms with E-state index in [0.717, 1.165) is 56.9 Å². The molecule has 7 heteroatoms. The number of guanidine groups is 1. The van der Waals surface area contributed by atoms with E-state index in [-0.39, 0.29) is 30.1 Å². The van der Waals surface area contributed by atoms with Crippen LogP contribution >= 0.6 is 24.0 Å². The van der Waals surface area contributed by atoms with Gasteiger partial charge >= 0.3 is 0 Å². The predicted octanol–water partition coefficient (Wildman–Crippen LogP) is 4.41. The van der Waals surface area contributed by atoms with Crippen LogP contribution in [0, 0.1) is 0 Å². The maximum absolute atomic E-state index is 12.1. The van der Waals surface area contributed by atoms with Gasteiger partial charge in [-0.1, -0.05) is 43.7 Å². The van der Waals surface area contributed by atoms with E-state index in [0.29, 0.717) is 17.9 Å². The average molecular weight is 536 g/mol. The molecule has 0 bridgehead atoms. The van der Waals surface area contributed by atoms with Crippen LogP contribution in [0.3, 0.4) is 0 Å². The molecule has 0 aromatic heterocycles. The first-order valence-corrected chi connectivity index (χ1v) is 12.1. The van der Waals surface area contributed by atoms with Gasteiger partial charge in [-0.3, -0.25) is 9.20 Å².